The number of aryl methyl sites for hydroxylation is 7. The third kappa shape index (κ3) is 22.6. The van der Waals surface area contributed by atoms with Gasteiger partial charge in [-0.15, -0.1) is 0 Å². The van der Waals surface area contributed by atoms with Crippen LogP contribution in [0.2, 0.25) is 0 Å². The average Bonchev–Trinajstić information content (AvgIpc) is 4.06. The molecule has 13 heteroatoms. The Balaban J connectivity index is 0.000000420. The molecule has 7 rings (SSSR count). The smallest absolute Gasteiger partial charge is 0.0947 e. The summed E-state index contributed by atoms with van der Waals surface area (Å²) in [5.74, 6) is 0. The van der Waals surface area contributed by atoms with E-state index in [1.54, 1.807) is 0 Å². The van der Waals surface area contributed by atoms with Gasteiger partial charge in [0.25, 0.3) is 0 Å². The fourth-order valence-corrected chi connectivity index (χ4v) is 7.04. The molecule has 72 heavy (non-hydrogen) atoms. The third-order valence-electron chi connectivity index (χ3n) is 11.8. The molecule has 0 radical (unpaired) electrons. The highest BCUT2D eigenvalue weighted by atomic mass is 15.3. The minimum absolute atomic E-state index is 0.182. The standard InChI is InChI=1S/3C9H16N2.3C8H14N2.C8H13N/c1-7-8(9(2,3)4)6-11(5)10-7;1-7-8(9(2,3)4)6-10-11(7)5;1-5-11-7-8(6-10-11)9(2,3)4;1-8(2,3)7-5-10(4)6-9-7;1-8(2,3)7-5-9-6-10(7)4;1-8(2,3)7-5-9-10(4)6-7;1-8(2,3)7-4-5-9-6-7/h2*6H,1-5H3;6-7H,5H2,1-4H3;3*5-6H,1-4H3;4,6H,5H2,1-3H3. The molecule has 0 fully saturated rings. The normalized spacial score (nSPS) is 12.8. The van der Waals surface area contributed by atoms with Gasteiger partial charge in [-0.05, 0) is 75.7 Å². The van der Waals surface area contributed by atoms with Crippen LogP contribution in [-0.4, -0.2) is 71.0 Å². The van der Waals surface area contributed by atoms with Crippen LogP contribution in [0.4, 0.5) is 0 Å². The number of rotatable bonds is 1. The molecule has 0 saturated heterocycles. The van der Waals surface area contributed by atoms with Crippen molar-refractivity contribution in [3.05, 3.63) is 119 Å². The van der Waals surface area contributed by atoms with Crippen LogP contribution in [0, 0.1) is 19.3 Å². The summed E-state index contributed by atoms with van der Waals surface area (Å²) in [6.45, 7) is 54.1. The lowest BCUT2D eigenvalue weighted by molar-refractivity contribution is 0.527. The van der Waals surface area contributed by atoms with E-state index in [2.05, 4.69) is 237 Å². The second-order valence-electron chi connectivity index (χ2n) is 26.3. The molecular weight excluding hydrogens is 891 g/mol. The third-order valence-corrected chi connectivity index (χ3v) is 11.8. The van der Waals surface area contributed by atoms with Gasteiger partial charge < -0.3 is 9.13 Å². The van der Waals surface area contributed by atoms with E-state index in [-0.39, 0.29) is 32.5 Å². The Kier molecular flexibility index (Phi) is 23.4. The average molecular weight is 995 g/mol. The van der Waals surface area contributed by atoms with Crippen LogP contribution in [0.15, 0.2) is 78.9 Å². The molecule has 0 atom stereocenters. The van der Waals surface area contributed by atoms with Crippen LogP contribution in [0.3, 0.4) is 0 Å². The molecule has 1 aliphatic rings. The molecular formula is C59H103N13. The first-order chi connectivity index (χ1) is 32.5. The highest BCUT2D eigenvalue weighted by Gasteiger charge is 2.21. The lowest BCUT2D eigenvalue weighted by atomic mass is 9.88. The van der Waals surface area contributed by atoms with Crippen molar-refractivity contribution in [2.75, 3.05) is 6.54 Å². The summed E-state index contributed by atoms with van der Waals surface area (Å²) in [4.78, 5) is 12.4. The largest absolute Gasteiger partial charge is 0.340 e. The number of hydrogen-bond donors (Lipinski definition) is 0. The summed E-state index contributed by atoms with van der Waals surface area (Å²) in [6, 6.07) is 0. The van der Waals surface area contributed by atoms with Crippen molar-refractivity contribution in [2.45, 2.75) is 205 Å². The minimum atomic E-state index is 0.182. The molecule has 404 valence electrons. The van der Waals surface area contributed by atoms with E-state index in [0.717, 1.165) is 24.5 Å². The maximum absolute atomic E-state index is 4.29. The Bertz CT molecular complexity index is 2480. The molecule has 0 bridgehead atoms. The molecule has 0 amide bonds. The van der Waals surface area contributed by atoms with Gasteiger partial charge >= 0.3 is 0 Å². The molecule has 0 aromatic carbocycles. The van der Waals surface area contributed by atoms with Crippen molar-refractivity contribution in [1.82, 2.24) is 58.2 Å². The lowest BCUT2D eigenvalue weighted by Crippen LogP contribution is -2.15. The summed E-state index contributed by atoms with van der Waals surface area (Å²) in [6.07, 6.45) is 23.9. The van der Waals surface area contributed by atoms with Crippen molar-refractivity contribution in [3.63, 3.8) is 0 Å². The van der Waals surface area contributed by atoms with Crippen molar-refractivity contribution < 1.29 is 0 Å². The summed E-state index contributed by atoms with van der Waals surface area (Å²) in [5, 5.41) is 16.8. The highest BCUT2D eigenvalue weighted by molar-refractivity contribution is 5.82. The molecule has 13 nitrogen and oxygen atoms in total. The van der Waals surface area contributed by atoms with Crippen molar-refractivity contribution >= 4 is 6.21 Å². The molecule has 7 heterocycles. The van der Waals surface area contributed by atoms with E-state index in [9.17, 15) is 0 Å². The number of allylic oxidation sites excluding steroid dienone is 1. The lowest BCUT2D eigenvalue weighted by Gasteiger charge is -2.18. The van der Waals surface area contributed by atoms with Crippen LogP contribution in [-0.2, 0) is 74.3 Å². The number of aliphatic imine (C=N–C) groups is 1. The topological polar surface area (TPSA) is 119 Å². The number of nitrogens with zero attached hydrogens (tertiary/aromatic N) is 13. The van der Waals surface area contributed by atoms with E-state index in [1.165, 1.54) is 39.2 Å². The summed E-state index contributed by atoms with van der Waals surface area (Å²) >= 11 is 0. The Morgan fingerprint density at radius 3 is 1.26 bits per heavy atom. The second-order valence-corrected chi connectivity index (χ2v) is 26.3. The zero-order valence-corrected chi connectivity index (χ0v) is 51.2. The first-order valence-electron chi connectivity index (χ1n) is 25.7. The van der Waals surface area contributed by atoms with E-state index >= 15 is 0 Å². The van der Waals surface area contributed by atoms with E-state index in [4.69, 9.17) is 0 Å². The molecule has 0 aliphatic carbocycles. The van der Waals surface area contributed by atoms with Crippen LogP contribution < -0.4 is 0 Å². The van der Waals surface area contributed by atoms with Crippen molar-refractivity contribution in [2.24, 2.45) is 45.6 Å². The van der Waals surface area contributed by atoms with E-state index in [1.807, 2.05) is 102 Å². The predicted octanol–water partition coefficient (Wildman–Crippen LogP) is 13.4. The van der Waals surface area contributed by atoms with Gasteiger partial charge in [-0.1, -0.05) is 151 Å². The van der Waals surface area contributed by atoms with Crippen molar-refractivity contribution in [3.8, 4) is 0 Å². The quantitative estimate of drug-likeness (QED) is 0.162. The first kappa shape index (κ1) is 64.7. The van der Waals surface area contributed by atoms with Crippen LogP contribution in [0.1, 0.15) is 197 Å². The van der Waals surface area contributed by atoms with Crippen molar-refractivity contribution in [1.29, 1.82) is 0 Å². The van der Waals surface area contributed by atoms with Gasteiger partial charge in [0.2, 0.25) is 0 Å². The van der Waals surface area contributed by atoms with Crippen LogP contribution in [0.25, 0.3) is 0 Å². The molecule has 0 unspecified atom stereocenters. The van der Waals surface area contributed by atoms with Crippen LogP contribution >= 0.6 is 0 Å². The zero-order chi connectivity index (χ0) is 56.0. The minimum Gasteiger partial charge on any atom is -0.340 e. The SMILES string of the molecule is CC(C)(C)C1=CCN=C1.CCn1cc(C(C)(C)C)cn1.Cc1c(C(C)(C)C)cnn1C.Cc1nn(C)cc1C(C)(C)C.Cn1cc(C(C)(C)C)cn1.Cn1cnc(C(C)(C)C)c1.Cn1cncc1C(C)(C)C. The van der Waals surface area contributed by atoms with Crippen LogP contribution in [0.5, 0.6) is 0 Å². The molecule has 0 saturated carbocycles. The molecule has 6 aromatic heterocycles. The van der Waals surface area contributed by atoms with Gasteiger partial charge in [-0.25, -0.2) is 9.97 Å². The fourth-order valence-electron chi connectivity index (χ4n) is 7.04. The van der Waals surface area contributed by atoms with Gasteiger partial charge in [0.15, 0.2) is 0 Å². The maximum Gasteiger partial charge on any atom is 0.0947 e. The predicted molar refractivity (Wildman–Crippen MR) is 307 cm³/mol. The Hall–Kier alpha value is -5.33. The monoisotopic (exact) mass is 994 g/mol. The number of imidazole rings is 2. The number of hydrogen-bond acceptors (Lipinski definition) is 7. The van der Waals surface area contributed by atoms with Gasteiger partial charge in [-0.2, -0.15) is 20.4 Å². The number of aromatic nitrogens is 12. The summed E-state index contributed by atoms with van der Waals surface area (Å²) < 4.78 is 11.6. The summed E-state index contributed by atoms with van der Waals surface area (Å²) in [7, 11) is 9.89. The molecule has 0 N–H and O–H groups in total. The molecule has 0 spiro atoms. The Labute approximate surface area is 439 Å². The Morgan fingerprint density at radius 2 is 1.06 bits per heavy atom. The highest BCUT2D eigenvalue weighted by Crippen LogP contribution is 2.27. The van der Waals surface area contributed by atoms with E-state index in [0.29, 0.717) is 5.41 Å². The second kappa shape index (κ2) is 26.1. The fraction of sp³-hybridized carbons (Fsp3) is 0.644. The first-order valence-corrected chi connectivity index (χ1v) is 25.7. The Morgan fingerprint density at radius 1 is 0.514 bits per heavy atom. The molecule has 6 aromatic rings. The van der Waals surface area contributed by atoms with Gasteiger partial charge in [0.1, 0.15) is 0 Å². The zero-order valence-electron chi connectivity index (χ0n) is 51.2. The molecule has 1 aliphatic heterocycles. The van der Waals surface area contributed by atoms with Gasteiger partial charge in [0.05, 0.1) is 49.2 Å². The van der Waals surface area contributed by atoms with Gasteiger partial charge in [0, 0.05) is 101 Å². The van der Waals surface area contributed by atoms with E-state index < -0.39 is 0 Å². The summed E-state index contributed by atoms with van der Waals surface area (Å²) in [5.41, 5.74) is 13.0. The van der Waals surface area contributed by atoms with Gasteiger partial charge in [-0.3, -0.25) is 23.7 Å². The maximum atomic E-state index is 4.29.